The third-order valence-electron chi connectivity index (χ3n) is 6.08. The molecule has 0 aliphatic heterocycles. The van der Waals surface area contributed by atoms with E-state index in [1.807, 2.05) is 37.3 Å². The molecule has 0 aliphatic rings. The molecular formula is C28H27ClN4O4. The molecule has 0 radical (unpaired) electrons. The number of amides is 1. The van der Waals surface area contributed by atoms with Crippen LogP contribution in [0.15, 0.2) is 77.6 Å². The fourth-order valence-corrected chi connectivity index (χ4v) is 4.36. The standard InChI is InChI=1S/C28H27ClN4O4/c1-18-8-10-20(11-9-18)26(34)32(15-5-14-30)24(28(36)37)25-31-23-16-21(29)12-13-22(23)27(35)33(25)17-19-6-3-2-4-7-19/h2-4,6-13,16,24H,5,14-15,17,30H2,1H3,(H,36,37). The molecule has 3 N–H and O–H groups in total. The number of carbonyl (C=O) groups excluding carboxylic acids is 1. The third-order valence-corrected chi connectivity index (χ3v) is 6.32. The van der Waals surface area contributed by atoms with Gasteiger partial charge in [-0.05, 0) is 55.8 Å². The molecule has 0 bridgehead atoms. The summed E-state index contributed by atoms with van der Waals surface area (Å²) in [6, 6.07) is 19.2. The van der Waals surface area contributed by atoms with Crippen molar-refractivity contribution in [3.05, 3.63) is 111 Å². The van der Waals surface area contributed by atoms with E-state index >= 15 is 0 Å². The molecule has 0 aliphatic carbocycles. The first-order valence-electron chi connectivity index (χ1n) is 11.8. The van der Waals surface area contributed by atoms with Crippen molar-refractivity contribution in [3.63, 3.8) is 0 Å². The molecule has 190 valence electrons. The average Bonchev–Trinajstić information content (AvgIpc) is 2.88. The Bertz CT molecular complexity index is 1490. The molecule has 0 spiro atoms. The Kier molecular flexibility index (Phi) is 8.01. The lowest BCUT2D eigenvalue weighted by Gasteiger charge is -2.30. The second-order valence-corrected chi connectivity index (χ2v) is 9.19. The number of hydrogen-bond acceptors (Lipinski definition) is 5. The highest BCUT2D eigenvalue weighted by atomic mass is 35.5. The number of hydrogen-bond donors (Lipinski definition) is 2. The number of halogens is 1. The molecular weight excluding hydrogens is 492 g/mol. The van der Waals surface area contributed by atoms with E-state index in [0.29, 0.717) is 22.4 Å². The number of aliphatic carboxylic acids is 1. The number of fused-ring (bicyclic) bond motifs is 1. The van der Waals surface area contributed by atoms with Gasteiger partial charge in [-0.25, -0.2) is 9.78 Å². The van der Waals surface area contributed by atoms with Crippen molar-refractivity contribution >= 4 is 34.4 Å². The minimum atomic E-state index is -1.54. The summed E-state index contributed by atoms with van der Waals surface area (Å²) in [7, 11) is 0. The van der Waals surface area contributed by atoms with Crippen LogP contribution < -0.4 is 11.3 Å². The molecule has 1 amide bonds. The van der Waals surface area contributed by atoms with Crippen LogP contribution in [0.25, 0.3) is 10.9 Å². The maximum atomic E-state index is 13.7. The van der Waals surface area contributed by atoms with Crippen LogP contribution in [0.2, 0.25) is 5.02 Å². The summed E-state index contributed by atoms with van der Waals surface area (Å²) in [5.41, 5.74) is 7.63. The van der Waals surface area contributed by atoms with Gasteiger partial charge in [0, 0.05) is 17.1 Å². The van der Waals surface area contributed by atoms with Crippen molar-refractivity contribution in [1.29, 1.82) is 0 Å². The summed E-state index contributed by atoms with van der Waals surface area (Å²) in [5.74, 6) is -1.87. The number of carboxylic acids is 1. The van der Waals surface area contributed by atoms with Gasteiger partial charge in [-0.1, -0.05) is 59.6 Å². The maximum Gasteiger partial charge on any atom is 0.334 e. The van der Waals surface area contributed by atoms with Crippen LogP contribution in [-0.4, -0.2) is 44.5 Å². The van der Waals surface area contributed by atoms with E-state index in [9.17, 15) is 19.5 Å². The largest absolute Gasteiger partial charge is 0.479 e. The number of rotatable bonds is 9. The Labute approximate surface area is 218 Å². The topological polar surface area (TPSA) is 119 Å². The van der Waals surface area contributed by atoms with Gasteiger partial charge in [-0.15, -0.1) is 0 Å². The summed E-state index contributed by atoms with van der Waals surface area (Å²) in [6.07, 6.45) is 0.365. The molecule has 1 unspecified atom stereocenters. The first-order chi connectivity index (χ1) is 17.8. The van der Waals surface area contributed by atoms with E-state index in [-0.39, 0.29) is 31.0 Å². The molecule has 1 heterocycles. The highest BCUT2D eigenvalue weighted by Gasteiger charge is 2.35. The number of carboxylic acid groups (broad SMARTS) is 1. The van der Waals surface area contributed by atoms with Crippen molar-refractivity contribution in [2.24, 2.45) is 5.73 Å². The van der Waals surface area contributed by atoms with Gasteiger partial charge in [0.2, 0.25) is 0 Å². The quantitative estimate of drug-likeness (QED) is 0.345. The van der Waals surface area contributed by atoms with Crippen LogP contribution in [0.1, 0.15) is 39.8 Å². The average molecular weight is 519 g/mol. The number of carbonyl (C=O) groups is 2. The van der Waals surface area contributed by atoms with Crippen molar-refractivity contribution in [2.75, 3.05) is 13.1 Å². The highest BCUT2D eigenvalue weighted by molar-refractivity contribution is 6.31. The van der Waals surface area contributed by atoms with Crippen LogP contribution in [0, 0.1) is 6.92 Å². The minimum Gasteiger partial charge on any atom is -0.479 e. The molecule has 4 aromatic rings. The molecule has 9 heteroatoms. The van der Waals surface area contributed by atoms with E-state index in [4.69, 9.17) is 17.3 Å². The van der Waals surface area contributed by atoms with E-state index in [0.717, 1.165) is 11.1 Å². The molecule has 0 saturated carbocycles. The monoisotopic (exact) mass is 518 g/mol. The van der Waals surface area contributed by atoms with Crippen LogP contribution in [-0.2, 0) is 11.3 Å². The van der Waals surface area contributed by atoms with E-state index < -0.39 is 23.5 Å². The SMILES string of the molecule is Cc1ccc(C(=O)N(CCCN)C(C(=O)O)c2nc3cc(Cl)ccc3c(=O)n2Cc2ccccc2)cc1. The van der Waals surface area contributed by atoms with Gasteiger partial charge < -0.3 is 15.7 Å². The summed E-state index contributed by atoms with van der Waals surface area (Å²) in [5, 5.41) is 11.1. The molecule has 1 aromatic heterocycles. The van der Waals surface area contributed by atoms with Crippen LogP contribution >= 0.6 is 11.6 Å². The second kappa shape index (κ2) is 11.4. The van der Waals surface area contributed by atoms with Gasteiger partial charge >= 0.3 is 5.97 Å². The Morgan fingerprint density at radius 2 is 1.78 bits per heavy atom. The molecule has 4 rings (SSSR count). The van der Waals surface area contributed by atoms with Crippen molar-refractivity contribution in [1.82, 2.24) is 14.5 Å². The molecule has 1 atom stereocenters. The van der Waals surface area contributed by atoms with Crippen molar-refractivity contribution in [3.8, 4) is 0 Å². The zero-order valence-electron chi connectivity index (χ0n) is 20.3. The molecule has 0 fully saturated rings. The number of aryl methyl sites for hydroxylation is 1. The Morgan fingerprint density at radius 1 is 1.08 bits per heavy atom. The van der Waals surface area contributed by atoms with Gasteiger partial charge in [0.1, 0.15) is 5.82 Å². The van der Waals surface area contributed by atoms with Gasteiger partial charge in [-0.3, -0.25) is 14.2 Å². The Morgan fingerprint density at radius 3 is 2.43 bits per heavy atom. The van der Waals surface area contributed by atoms with Crippen LogP contribution in [0.3, 0.4) is 0 Å². The van der Waals surface area contributed by atoms with Gasteiger partial charge in [-0.2, -0.15) is 0 Å². The number of benzene rings is 3. The lowest BCUT2D eigenvalue weighted by atomic mass is 10.1. The summed E-state index contributed by atoms with van der Waals surface area (Å²) in [4.78, 5) is 45.9. The lowest BCUT2D eigenvalue weighted by molar-refractivity contribution is -0.143. The van der Waals surface area contributed by atoms with Gasteiger partial charge in [0.25, 0.3) is 11.5 Å². The Hall–Kier alpha value is -4.01. The predicted molar refractivity (Wildman–Crippen MR) is 143 cm³/mol. The van der Waals surface area contributed by atoms with E-state index in [2.05, 4.69) is 4.98 Å². The maximum absolute atomic E-state index is 13.7. The van der Waals surface area contributed by atoms with Crippen molar-refractivity contribution < 1.29 is 14.7 Å². The third kappa shape index (κ3) is 5.71. The summed E-state index contributed by atoms with van der Waals surface area (Å²) < 4.78 is 1.32. The number of nitrogens with two attached hydrogens (primary N) is 1. The first-order valence-corrected chi connectivity index (χ1v) is 12.2. The smallest absolute Gasteiger partial charge is 0.334 e. The van der Waals surface area contributed by atoms with Gasteiger partial charge in [0.15, 0.2) is 6.04 Å². The predicted octanol–water partition coefficient (Wildman–Crippen LogP) is 4.02. The molecule has 3 aromatic carbocycles. The fourth-order valence-electron chi connectivity index (χ4n) is 4.19. The van der Waals surface area contributed by atoms with E-state index in [1.54, 1.807) is 36.4 Å². The normalized spacial score (nSPS) is 11.9. The number of aromatic nitrogens is 2. The molecule has 8 nitrogen and oxygen atoms in total. The Balaban J connectivity index is 1.94. The van der Waals surface area contributed by atoms with Crippen LogP contribution in [0.4, 0.5) is 0 Å². The van der Waals surface area contributed by atoms with Crippen molar-refractivity contribution in [2.45, 2.75) is 25.9 Å². The summed E-state index contributed by atoms with van der Waals surface area (Å²) in [6.45, 7) is 2.29. The lowest BCUT2D eigenvalue weighted by Crippen LogP contribution is -2.43. The zero-order valence-corrected chi connectivity index (χ0v) is 21.1. The zero-order chi connectivity index (χ0) is 26.5. The second-order valence-electron chi connectivity index (χ2n) is 8.76. The molecule has 37 heavy (non-hydrogen) atoms. The van der Waals surface area contributed by atoms with Gasteiger partial charge in [0.05, 0.1) is 17.4 Å². The van der Waals surface area contributed by atoms with Crippen LogP contribution in [0.5, 0.6) is 0 Å². The summed E-state index contributed by atoms with van der Waals surface area (Å²) >= 11 is 6.17. The first kappa shape index (κ1) is 26.1. The molecule has 0 saturated heterocycles. The van der Waals surface area contributed by atoms with E-state index in [1.165, 1.54) is 15.5 Å². The minimum absolute atomic E-state index is 0.0615. The fraction of sp³-hybridized carbons (Fsp3) is 0.214. The number of nitrogens with zero attached hydrogens (tertiary/aromatic N) is 3. The highest BCUT2D eigenvalue weighted by Crippen LogP contribution is 2.25.